The highest BCUT2D eigenvalue weighted by molar-refractivity contribution is 5.92. The molecule has 5 heteroatoms. The van der Waals surface area contributed by atoms with Crippen molar-refractivity contribution in [2.24, 2.45) is 5.73 Å². The van der Waals surface area contributed by atoms with Crippen LogP contribution in [-0.4, -0.2) is 21.7 Å². The van der Waals surface area contributed by atoms with E-state index in [0.717, 1.165) is 16.5 Å². The molecule has 0 atom stereocenters. The zero-order valence-electron chi connectivity index (χ0n) is 9.71. The number of benzene rings is 1. The molecule has 18 heavy (non-hydrogen) atoms. The summed E-state index contributed by atoms with van der Waals surface area (Å²) in [5, 5.41) is 4.91. The molecule has 0 fully saturated rings. The first kappa shape index (κ1) is 10.9. The topological polar surface area (TPSA) is 77.8 Å². The van der Waals surface area contributed by atoms with Gasteiger partial charge < -0.3 is 10.3 Å². The van der Waals surface area contributed by atoms with Crippen molar-refractivity contribution in [2.45, 2.75) is 6.42 Å². The van der Waals surface area contributed by atoms with E-state index in [1.165, 1.54) is 0 Å². The molecular formula is C13H12N4O. The van der Waals surface area contributed by atoms with Gasteiger partial charge in [0.15, 0.2) is 5.82 Å². The highest BCUT2D eigenvalue weighted by Gasteiger charge is 2.11. The van der Waals surface area contributed by atoms with Crippen LogP contribution in [0.15, 0.2) is 41.1 Å². The van der Waals surface area contributed by atoms with E-state index >= 15 is 0 Å². The Balaban J connectivity index is 2.12. The van der Waals surface area contributed by atoms with E-state index in [4.69, 9.17) is 10.3 Å². The summed E-state index contributed by atoms with van der Waals surface area (Å²) in [6, 6.07) is 9.71. The van der Waals surface area contributed by atoms with Crippen LogP contribution in [0.2, 0.25) is 0 Å². The van der Waals surface area contributed by atoms with Gasteiger partial charge in [-0.1, -0.05) is 17.3 Å². The molecule has 0 aliphatic heterocycles. The van der Waals surface area contributed by atoms with Crippen LogP contribution < -0.4 is 5.73 Å². The van der Waals surface area contributed by atoms with Crippen LogP contribution in [0.1, 0.15) is 5.82 Å². The number of hydrogen-bond donors (Lipinski definition) is 1. The Bertz CT molecular complexity index is 672. The third-order valence-electron chi connectivity index (χ3n) is 2.71. The molecule has 0 aliphatic rings. The minimum atomic E-state index is 0.510. The molecule has 2 heterocycles. The van der Waals surface area contributed by atoms with E-state index in [1.807, 2.05) is 30.3 Å². The Morgan fingerprint density at radius 1 is 1.17 bits per heavy atom. The lowest BCUT2D eigenvalue weighted by atomic mass is 10.1. The Kier molecular flexibility index (Phi) is 2.74. The number of aromatic nitrogens is 3. The number of fused-ring (bicyclic) bond motifs is 1. The minimum absolute atomic E-state index is 0.510. The van der Waals surface area contributed by atoms with Gasteiger partial charge in [0.25, 0.3) is 5.89 Å². The smallest absolute Gasteiger partial charge is 0.258 e. The van der Waals surface area contributed by atoms with E-state index in [9.17, 15) is 0 Å². The van der Waals surface area contributed by atoms with Crippen LogP contribution in [0.3, 0.4) is 0 Å². The van der Waals surface area contributed by atoms with Crippen molar-refractivity contribution >= 4 is 10.9 Å². The predicted octanol–water partition coefficient (Wildman–Crippen LogP) is 1.79. The van der Waals surface area contributed by atoms with Crippen LogP contribution in [0.5, 0.6) is 0 Å². The maximum atomic E-state index is 5.47. The molecule has 0 bridgehead atoms. The molecule has 0 saturated carbocycles. The summed E-state index contributed by atoms with van der Waals surface area (Å²) in [4.78, 5) is 8.64. The summed E-state index contributed by atoms with van der Waals surface area (Å²) in [7, 11) is 0. The van der Waals surface area contributed by atoms with Gasteiger partial charge in [0, 0.05) is 23.6 Å². The van der Waals surface area contributed by atoms with Crippen molar-refractivity contribution in [3.63, 3.8) is 0 Å². The molecule has 0 aliphatic carbocycles. The normalized spacial score (nSPS) is 10.9. The monoisotopic (exact) mass is 240 g/mol. The lowest BCUT2D eigenvalue weighted by molar-refractivity contribution is 0.423. The fraction of sp³-hybridized carbons (Fsp3) is 0.154. The van der Waals surface area contributed by atoms with Gasteiger partial charge in [-0.2, -0.15) is 4.98 Å². The van der Waals surface area contributed by atoms with Crippen molar-refractivity contribution < 1.29 is 4.52 Å². The van der Waals surface area contributed by atoms with Gasteiger partial charge in [-0.05, 0) is 24.7 Å². The Morgan fingerprint density at radius 3 is 3.00 bits per heavy atom. The number of nitrogens with two attached hydrogens (primary N) is 1. The second-order valence-corrected chi connectivity index (χ2v) is 3.93. The minimum Gasteiger partial charge on any atom is -0.334 e. The zero-order chi connectivity index (χ0) is 12.4. The van der Waals surface area contributed by atoms with Crippen molar-refractivity contribution in [1.82, 2.24) is 15.1 Å². The Hall–Kier alpha value is -2.27. The van der Waals surface area contributed by atoms with Gasteiger partial charge in [-0.15, -0.1) is 0 Å². The maximum absolute atomic E-state index is 5.47. The average Bonchev–Trinajstić information content (AvgIpc) is 2.87. The number of nitrogens with zero attached hydrogens (tertiary/aromatic N) is 3. The van der Waals surface area contributed by atoms with Crippen LogP contribution in [0, 0.1) is 0 Å². The Morgan fingerprint density at radius 2 is 2.11 bits per heavy atom. The van der Waals surface area contributed by atoms with E-state index in [0.29, 0.717) is 24.7 Å². The SMILES string of the molecule is NCCc1noc(-c2cccc3ncccc23)n1. The standard InChI is InChI=1S/C13H12N4O/c14-7-6-12-16-13(18-17-12)10-3-1-5-11-9(10)4-2-8-15-11/h1-5,8H,6-7,14H2. The molecule has 0 amide bonds. The number of pyridine rings is 1. The van der Waals surface area contributed by atoms with Crippen molar-refractivity contribution in [3.05, 3.63) is 42.4 Å². The third-order valence-corrected chi connectivity index (χ3v) is 2.71. The molecule has 2 N–H and O–H groups in total. The summed E-state index contributed by atoms with van der Waals surface area (Å²) < 4.78 is 5.27. The van der Waals surface area contributed by atoms with Crippen LogP contribution in [0.25, 0.3) is 22.4 Å². The van der Waals surface area contributed by atoms with Gasteiger partial charge in [-0.25, -0.2) is 0 Å². The molecular weight excluding hydrogens is 228 g/mol. The lowest BCUT2D eigenvalue weighted by Gasteiger charge is -2.00. The molecule has 2 aromatic heterocycles. The summed E-state index contributed by atoms with van der Waals surface area (Å²) >= 11 is 0. The van der Waals surface area contributed by atoms with E-state index in [-0.39, 0.29) is 0 Å². The summed E-state index contributed by atoms with van der Waals surface area (Å²) in [6.07, 6.45) is 2.38. The summed E-state index contributed by atoms with van der Waals surface area (Å²) in [5.74, 6) is 1.14. The zero-order valence-corrected chi connectivity index (χ0v) is 9.71. The first-order valence-corrected chi connectivity index (χ1v) is 5.75. The highest BCUT2D eigenvalue weighted by Crippen LogP contribution is 2.25. The van der Waals surface area contributed by atoms with Crippen LogP contribution in [-0.2, 0) is 6.42 Å². The number of rotatable bonds is 3. The quantitative estimate of drug-likeness (QED) is 0.755. The Labute approximate surface area is 104 Å². The highest BCUT2D eigenvalue weighted by atomic mass is 16.5. The summed E-state index contributed by atoms with van der Waals surface area (Å²) in [5.41, 5.74) is 7.28. The summed E-state index contributed by atoms with van der Waals surface area (Å²) in [6.45, 7) is 0.510. The van der Waals surface area contributed by atoms with Gasteiger partial charge >= 0.3 is 0 Å². The molecule has 1 aromatic carbocycles. The molecule has 5 nitrogen and oxygen atoms in total. The average molecular weight is 240 g/mol. The molecule has 0 spiro atoms. The fourth-order valence-electron chi connectivity index (χ4n) is 1.88. The third kappa shape index (κ3) is 1.84. The largest absolute Gasteiger partial charge is 0.334 e. The van der Waals surface area contributed by atoms with Gasteiger partial charge in [0.1, 0.15) is 0 Å². The molecule has 0 saturated heterocycles. The van der Waals surface area contributed by atoms with E-state index < -0.39 is 0 Å². The van der Waals surface area contributed by atoms with Crippen molar-refractivity contribution in [1.29, 1.82) is 0 Å². The molecule has 90 valence electrons. The lowest BCUT2D eigenvalue weighted by Crippen LogP contribution is -2.03. The van der Waals surface area contributed by atoms with Gasteiger partial charge in [-0.3, -0.25) is 4.98 Å². The first-order valence-electron chi connectivity index (χ1n) is 5.75. The molecule has 0 unspecified atom stereocenters. The molecule has 0 radical (unpaired) electrons. The van der Waals surface area contributed by atoms with Crippen molar-refractivity contribution in [2.75, 3.05) is 6.54 Å². The molecule has 3 rings (SSSR count). The maximum Gasteiger partial charge on any atom is 0.258 e. The number of hydrogen-bond acceptors (Lipinski definition) is 5. The van der Waals surface area contributed by atoms with Crippen LogP contribution >= 0.6 is 0 Å². The fourth-order valence-corrected chi connectivity index (χ4v) is 1.88. The first-order chi connectivity index (χ1) is 8.88. The van der Waals surface area contributed by atoms with E-state index in [1.54, 1.807) is 6.20 Å². The second-order valence-electron chi connectivity index (χ2n) is 3.93. The predicted molar refractivity (Wildman–Crippen MR) is 67.8 cm³/mol. The second kappa shape index (κ2) is 4.54. The van der Waals surface area contributed by atoms with Gasteiger partial charge in [0.05, 0.1) is 5.52 Å². The van der Waals surface area contributed by atoms with Crippen molar-refractivity contribution in [3.8, 4) is 11.5 Å². The van der Waals surface area contributed by atoms with E-state index in [2.05, 4.69) is 15.1 Å². The van der Waals surface area contributed by atoms with Crippen LogP contribution in [0.4, 0.5) is 0 Å². The van der Waals surface area contributed by atoms with Gasteiger partial charge in [0.2, 0.25) is 0 Å². The molecule has 3 aromatic rings.